The average molecular weight is 683 g/mol. The maximum absolute atomic E-state index is 14.6. The van der Waals surface area contributed by atoms with Crippen molar-refractivity contribution < 1.29 is 22.7 Å². The average Bonchev–Trinajstić information content (AvgIpc) is 3.02. The molecule has 8 nitrogen and oxygen atoms in total. The van der Waals surface area contributed by atoms with Crippen molar-refractivity contribution in [3.63, 3.8) is 0 Å². The number of aryl methyl sites for hydroxylation is 1. The van der Waals surface area contributed by atoms with Crippen LogP contribution >= 0.6 is 23.2 Å². The van der Waals surface area contributed by atoms with Gasteiger partial charge in [-0.3, -0.25) is 13.9 Å². The fourth-order valence-electron chi connectivity index (χ4n) is 5.00. The Kier molecular flexibility index (Phi) is 11.7. The highest BCUT2D eigenvalue weighted by Gasteiger charge is 2.36. The van der Waals surface area contributed by atoms with Crippen molar-refractivity contribution in [2.75, 3.05) is 18.0 Å². The van der Waals surface area contributed by atoms with Gasteiger partial charge in [0.05, 0.1) is 17.7 Å². The van der Waals surface area contributed by atoms with E-state index in [2.05, 4.69) is 5.32 Å². The van der Waals surface area contributed by atoms with E-state index in [0.717, 1.165) is 15.4 Å². The van der Waals surface area contributed by atoms with E-state index in [1.165, 1.54) is 24.1 Å². The Balaban J connectivity index is 1.87. The van der Waals surface area contributed by atoms with E-state index in [4.69, 9.17) is 27.9 Å². The number of anilines is 1. The Morgan fingerprint density at radius 2 is 1.54 bits per heavy atom. The quantitative estimate of drug-likeness (QED) is 0.170. The molecule has 242 valence electrons. The summed E-state index contributed by atoms with van der Waals surface area (Å²) in [7, 11) is -2.85. The van der Waals surface area contributed by atoms with Crippen molar-refractivity contribution in [2.24, 2.45) is 0 Å². The number of sulfonamides is 1. The maximum atomic E-state index is 14.6. The molecule has 0 aromatic heterocycles. The first-order valence-electron chi connectivity index (χ1n) is 14.7. The number of ether oxygens (including phenoxy) is 1. The predicted molar refractivity (Wildman–Crippen MR) is 183 cm³/mol. The van der Waals surface area contributed by atoms with E-state index in [0.29, 0.717) is 15.6 Å². The summed E-state index contributed by atoms with van der Waals surface area (Å²) in [6.45, 7) is 4.78. The maximum Gasteiger partial charge on any atom is 0.264 e. The first-order valence-corrected chi connectivity index (χ1v) is 16.9. The summed E-state index contributed by atoms with van der Waals surface area (Å²) >= 11 is 12.7. The van der Waals surface area contributed by atoms with Crippen LogP contribution in [0.2, 0.25) is 10.0 Å². The van der Waals surface area contributed by atoms with Crippen LogP contribution in [0.1, 0.15) is 30.5 Å². The van der Waals surface area contributed by atoms with Crippen molar-refractivity contribution in [1.29, 1.82) is 0 Å². The van der Waals surface area contributed by atoms with E-state index in [9.17, 15) is 18.0 Å². The zero-order valence-electron chi connectivity index (χ0n) is 26.1. The number of carbonyl (C=O) groups excluding carboxylic acids is 2. The number of hydrogen-bond acceptors (Lipinski definition) is 5. The first kappa shape index (κ1) is 34.8. The molecule has 0 aliphatic heterocycles. The summed E-state index contributed by atoms with van der Waals surface area (Å²) in [6, 6.07) is 26.0. The fourth-order valence-corrected chi connectivity index (χ4v) is 6.90. The van der Waals surface area contributed by atoms with E-state index in [1.54, 1.807) is 54.6 Å². The highest BCUT2D eigenvalue weighted by Crippen LogP contribution is 2.34. The molecule has 0 aliphatic carbocycles. The lowest BCUT2D eigenvalue weighted by atomic mass is 10.0. The number of rotatable bonds is 13. The Hall–Kier alpha value is -4.05. The second kappa shape index (κ2) is 15.5. The summed E-state index contributed by atoms with van der Waals surface area (Å²) in [5, 5.41) is 3.66. The number of hydrogen-bond donors (Lipinski definition) is 1. The lowest BCUT2D eigenvalue weighted by Gasteiger charge is -2.34. The Bertz CT molecular complexity index is 1770. The third-order valence-electron chi connectivity index (χ3n) is 7.27. The van der Waals surface area contributed by atoms with Gasteiger partial charge in [-0.2, -0.15) is 0 Å². The minimum Gasteiger partial charge on any atom is -0.495 e. The summed E-state index contributed by atoms with van der Waals surface area (Å²) in [5.74, 6) is -0.736. The van der Waals surface area contributed by atoms with E-state index in [1.807, 2.05) is 51.1 Å². The molecule has 11 heteroatoms. The molecule has 0 spiro atoms. The number of methoxy groups -OCH3 is 1. The van der Waals surface area contributed by atoms with Gasteiger partial charge in [0.1, 0.15) is 18.3 Å². The number of carbonyl (C=O) groups is 2. The molecule has 0 heterocycles. The van der Waals surface area contributed by atoms with Gasteiger partial charge in [0, 0.05) is 29.1 Å². The molecule has 0 radical (unpaired) electrons. The van der Waals surface area contributed by atoms with Crippen molar-refractivity contribution in [1.82, 2.24) is 10.2 Å². The molecule has 1 atom stereocenters. The molecule has 0 bridgehead atoms. The second-order valence-electron chi connectivity index (χ2n) is 11.1. The van der Waals surface area contributed by atoms with Gasteiger partial charge < -0.3 is 15.0 Å². The van der Waals surface area contributed by atoms with E-state index >= 15 is 0 Å². The van der Waals surface area contributed by atoms with Crippen LogP contribution in [-0.4, -0.2) is 50.9 Å². The van der Waals surface area contributed by atoms with Crippen LogP contribution in [0.15, 0.2) is 102 Å². The number of nitrogens with one attached hydrogen (secondary N) is 1. The number of nitrogens with zero attached hydrogens (tertiary/aromatic N) is 2. The number of amides is 2. The van der Waals surface area contributed by atoms with Crippen LogP contribution < -0.4 is 14.4 Å². The second-order valence-corrected chi connectivity index (χ2v) is 13.8. The van der Waals surface area contributed by atoms with Crippen LogP contribution in [0.25, 0.3) is 0 Å². The summed E-state index contributed by atoms with van der Waals surface area (Å²) in [6.07, 6.45) is 0.176. The topological polar surface area (TPSA) is 96.0 Å². The number of benzene rings is 4. The van der Waals surface area contributed by atoms with E-state index in [-0.39, 0.29) is 41.2 Å². The van der Waals surface area contributed by atoms with Crippen LogP contribution in [0, 0.1) is 6.92 Å². The van der Waals surface area contributed by atoms with Gasteiger partial charge in [0.25, 0.3) is 10.0 Å². The van der Waals surface area contributed by atoms with Crippen LogP contribution in [0.4, 0.5) is 5.69 Å². The molecule has 4 rings (SSSR count). The van der Waals surface area contributed by atoms with Gasteiger partial charge in [-0.05, 0) is 73.9 Å². The van der Waals surface area contributed by atoms with Crippen LogP contribution in [0.5, 0.6) is 5.75 Å². The molecule has 0 aliphatic rings. The monoisotopic (exact) mass is 681 g/mol. The molecular formula is C35H37Cl2N3O5S. The smallest absolute Gasteiger partial charge is 0.264 e. The standard InChI is InChI=1S/C35H37Cl2N3O5S/c1-24(2)38-35(42)32(20-26-11-7-5-8-12-26)39(22-27-16-17-28(36)21-30(27)37)34(41)23-40(31-19-25(3)15-18-33(31)45-4)46(43,44)29-13-9-6-10-14-29/h5-19,21,24,32H,20,22-23H2,1-4H3,(H,38,42)/t32-/m0/s1. The largest absolute Gasteiger partial charge is 0.495 e. The molecular weight excluding hydrogens is 645 g/mol. The molecule has 0 unspecified atom stereocenters. The molecule has 4 aromatic rings. The van der Waals surface area contributed by atoms with Gasteiger partial charge in [0.2, 0.25) is 11.8 Å². The SMILES string of the molecule is COc1ccc(C)cc1N(CC(=O)N(Cc1ccc(Cl)cc1Cl)[C@@H](Cc1ccccc1)C(=O)NC(C)C)S(=O)(=O)c1ccccc1. The molecule has 46 heavy (non-hydrogen) atoms. The van der Waals surface area contributed by atoms with Gasteiger partial charge in [-0.1, -0.05) is 83.9 Å². The van der Waals surface area contributed by atoms with Crippen molar-refractivity contribution in [3.8, 4) is 5.75 Å². The van der Waals surface area contributed by atoms with Crippen LogP contribution in [0.3, 0.4) is 0 Å². The van der Waals surface area contributed by atoms with Gasteiger partial charge in [-0.15, -0.1) is 0 Å². The first-order chi connectivity index (χ1) is 21.9. The minimum absolute atomic E-state index is 0.00274. The summed E-state index contributed by atoms with van der Waals surface area (Å²) < 4.78 is 35.1. The summed E-state index contributed by atoms with van der Waals surface area (Å²) in [4.78, 5) is 29.8. The molecule has 2 amide bonds. The van der Waals surface area contributed by atoms with Crippen molar-refractivity contribution in [2.45, 2.75) is 50.7 Å². The lowest BCUT2D eigenvalue weighted by Crippen LogP contribution is -2.54. The summed E-state index contributed by atoms with van der Waals surface area (Å²) in [5.41, 5.74) is 2.32. The molecule has 1 N–H and O–H groups in total. The predicted octanol–water partition coefficient (Wildman–Crippen LogP) is 6.67. The normalized spacial score (nSPS) is 12.0. The lowest BCUT2D eigenvalue weighted by molar-refractivity contribution is -0.140. The van der Waals surface area contributed by atoms with E-state index < -0.39 is 28.5 Å². The van der Waals surface area contributed by atoms with Gasteiger partial charge in [-0.25, -0.2) is 8.42 Å². The zero-order valence-corrected chi connectivity index (χ0v) is 28.4. The van der Waals surface area contributed by atoms with Gasteiger partial charge in [0.15, 0.2) is 0 Å². The van der Waals surface area contributed by atoms with Crippen molar-refractivity contribution in [3.05, 3.63) is 124 Å². The van der Waals surface area contributed by atoms with Crippen LogP contribution in [-0.2, 0) is 32.6 Å². The van der Waals surface area contributed by atoms with Crippen molar-refractivity contribution >= 4 is 50.7 Å². The van der Waals surface area contributed by atoms with Gasteiger partial charge >= 0.3 is 0 Å². The molecule has 0 fully saturated rings. The minimum atomic E-state index is -4.28. The Morgan fingerprint density at radius 1 is 0.891 bits per heavy atom. The highest BCUT2D eigenvalue weighted by atomic mass is 35.5. The number of halogens is 2. The zero-order chi connectivity index (χ0) is 33.4. The molecule has 0 saturated heterocycles. The Morgan fingerprint density at radius 3 is 2.15 bits per heavy atom. The molecule has 0 saturated carbocycles. The molecule has 4 aromatic carbocycles. The fraction of sp³-hybridized carbons (Fsp3) is 0.257. The highest BCUT2D eigenvalue weighted by molar-refractivity contribution is 7.92. The third kappa shape index (κ3) is 8.60. The third-order valence-corrected chi connectivity index (χ3v) is 9.63. The Labute approximate surface area is 280 Å².